The van der Waals surface area contributed by atoms with E-state index in [1.807, 2.05) is 0 Å². The number of thiol groups is 1. The van der Waals surface area contributed by atoms with Gasteiger partial charge in [-0.25, -0.2) is 0 Å². The van der Waals surface area contributed by atoms with Crippen molar-refractivity contribution < 1.29 is 4.74 Å². The molecule has 68 valence electrons. The van der Waals surface area contributed by atoms with Gasteiger partial charge in [-0.1, -0.05) is 0 Å². The number of methoxy groups -OCH3 is 1. The summed E-state index contributed by atoms with van der Waals surface area (Å²) >= 11 is 8.35. The third-order valence-corrected chi connectivity index (χ3v) is 4.55. The highest BCUT2D eigenvalue weighted by Gasteiger charge is 2.10. The van der Waals surface area contributed by atoms with Crippen molar-refractivity contribution in [3.8, 4) is 5.75 Å². The fraction of sp³-hybridized carbons (Fsp3) is 0.111. The topological polar surface area (TPSA) is 9.23 Å². The van der Waals surface area contributed by atoms with Crippen LogP contribution in [0.1, 0.15) is 0 Å². The van der Waals surface area contributed by atoms with E-state index in [1.54, 1.807) is 18.4 Å². The third-order valence-electron chi connectivity index (χ3n) is 1.84. The van der Waals surface area contributed by atoms with E-state index in [2.05, 4.69) is 52.7 Å². The summed E-state index contributed by atoms with van der Waals surface area (Å²) < 4.78 is 7.65. The number of thiophene rings is 1. The maximum absolute atomic E-state index is 5.35. The van der Waals surface area contributed by atoms with Crippen LogP contribution in [0.4, 0.5) is 0 Å². The number of ether oxygens (including phenoxy) is 1. The quantitative estimate of drug-likeness (QED) is 0.621. The molecular weight excluding hydrogens is 315 g/mol. The van der Waals surface area contributed by atoms with Crippen LogP contribution in [0.2, 0.25) is 0 Å². The molecule has 1 nitrogen and oxygen atoms in total. The Morgan fingerprint density at radius 1 is 1.54 bits per heavy atom. The van der Waals surface area contributed by atoms with E-state index in [0.29, 0.717) is 0 Å². The van der Waals surface area contributed by atoms with Gasteiger partial charge in [0.1, 0.15) is 5.75 Å². The molecule has 0 N–H and O–H groups in total. The Hall–Kier alpha value is 0.0600. The Kier molecular flexibility index (Phi) is 2.71. The van der Waals surface area contributed by atoms with Crippen LogP contribution in [-0.2, 0) is 0 Å². The summed E-state index contributed by atoms with van der Waals surface area (Å²) in [6.07, 6.45) is 0. The van der Waals surface area contributed by atoms with Crippen molar-refractivity contribution in [2.75, 3.05) is 7.11 Å². The van der Waals surface area contributed by atoms with E-state index >= 15 is 0 Å². The number of hydrogen-bond donors (Lipinski definition) is 1. The number of halogens is 1. The highest BCUT2D eigenvalue weighted by molar-refractivity contribution is 14.1. The van der Waals surface area contributed by atoms with Gasteiger partial charge in [0.05, 0.1) is 10.7 Å². The molecule has 13 heavy (non-hydrogen) atoms. The van der Waals surface area contributed by atoms with Crippen LogP contribution < -0.4 is 4.74 Å². The van der Waals surface area contributed by atoms with Crippen molar-refractivity contribution in [2.45, 2.75) is 4.90 Å². The average molecular weight is 322 g/mol. The van der Waals surface area contributed by atoms with Crippen molar-refractivity contribution in [2.24, 2.45) is 0 Å². The zero-order valence-electron chi connectivity index (χ0n) is 6.87. The normalized spacial score (nSPS) is 10.7. The number of benzene rings is 1. The first-order valence-corrected chi connectivity index (χ1v) is 6.07. The third kappa shape index (κ3) is 1.55. The molecule has 0 spiro atoms. The van der Waals surface area contributed by atoms with E-state index < -0.39 is 0 Å². The van der Waals surface area contributed by atoms with Crippen molar-refractivity contribution in [3.63, 3.8) is 0 Å². The van der Waals surface area contributed by atoms with E-state index in [-0.39, 0.29) is 0 Å². The summed E-state index contributed by atoms with van der Waals surface area (Å²) in [6, 6.07) is 4.15. The summed E-state index contributed by atoms with van der Waals surface area (Å²) in [5, 5.41) is 3.24. The van der Waals surface area contributed by atoms with E-state index in [0.717, 1.165) is 14.2 Å². The molecule has 0 radical (unpaired) electrons. The van der Waals surface area contributed by atoms with Crippen LogP contribution >= 0.6 is 46.6 Å². The van der Waals surface area contributed by atoms with Crippen molar-refractivity contribution in [1.29, 1.82) is 0 Å². The standard InChI is InChI=1S/C9H7IOS2/c1-11-9-5-2-3-13-7(5)4-6(12)8(9)10/h2-4,12H,1H3. The van der Waals surface area contributed by atoms with Gasteiger partial charge in [0.2, 0.25) is 0 Å². The van der Waals surface area contributed by atoms with Crippen LogP contribution in [-0.4, -0.2) is 7.11 Å². The van der Waals surface area contributed by atoms with E-state index in [4.69, 9.17) is 4.74 Å². The van der Waals surface area contributed by atoms with Crippen LogP contribution in [0.15, 0.2) is 22.4 Å². The summed E-state index contributed by atoms with van der Waals surface area (Å²) in [6.45, 7) is 0. The minimum Gasteiger partial charge on any atom is -0.495 e. The Labute approximate surface area is 99.6 Å². The first-order valence-electron chi connectivity index (χ1n) is 3.66. The zero-order valence-corrected chi connectivity index (χ0v) is 10.7. The molecule has 0 aliphatic rings. The zero-order chi connectivity index (χ0) is 9.42. The number of fused-ring (bicyclic) bond motifs is 1. The van der Waals surface area contributed by atoms with Gasteiger partial charge >= 0.3 is 0 Å². The molecule has 4 heteroatoms. The molecule has 0 amide bonds. The molecule has 0 saturated carbocycles. The highest BCUT2D eigenvalue weighted by atomic mass is 127. The fourth-order valence-electron chi connectivity index (χ4n) is 1.24. The Balaban J connectivity index is 2.87. The van der Waals surface area contributed by atoms with Gasteiger partial charge in [0, 0.05) is 15.0 Å². The smallest absolute Gasteiger partial charge is 0.141 e. The predicted octanol–water partition coefficient (Wildman–Crippen LogP) is 3.80. The molecule has 1 aromatic carbocycles. The second-order valence-corrected chi connectivity index (χ2v) is 5.08. The fourth-order valence-corrected chi connectivity index (χ4v) is 3.05. The summed E-state index contributed by atoms with van der Waals surface area (Å²) in [4.78, 5) is 0.979. The lowest BCUT2D eigenvalue weighted by atomic mass is 10.2. The van der Waals surface area contributed by atoms with Crippen LogP contribution in [0.3, 0.4) is 0 Å². The maximum Gasteiger partial charge on any atom is 0.141 e. The molecule has 0 unspecified atom stereocenters. The summed E-state index contributed by atoms with van der Waals surface area (Å²) in [5.74, 6) is 0.935. The Morgan fingerprint density at radius 3 is 3.00 bits per heavy atom. The Bertz CT molecular complexity index is 450. The molecule has 2 rings (SSSR count). The number of hydrogen-bond acceptors (Lipinski definition) is 3. The van der Waals surface area contributed by atoms with Crippen molar-refractivity contribution in [1.82, 2.24) is 0 Å². The lowest BCUT2D eigenvalue weighted by Crippen LogP contribution is -1.88. The van der Waals surface area contributed by atoms with Crippen LogP contribution in [0.25, 0.3) is 10.1 Å². The van der Waals surface area contributed by atoms with Gasteiger partial charge in [-0.2, -0.15) is 0 Å². The van der Waals surface area contributed by atoms with Crippen LogP contribution in [0.5, 0.6) is 5.75 Å². The predicted molar refractivity (Wildman–Crippen MR) is 68.3 cm³/mol. The second-order valence-electron chi connectivity index (χ2n) is 2.58. The first-order chi connectivity index (χ1) is 6.24. The molecule has 0 atom stereocenters. The van der Waals surface area contributed by atoms with Gasteiger partial charge in [-0.05, 0) is 40.1 Å². The summed E-state index contributed by atoms with van der Waals surface area (Å²) in [7, 11) is 1.70. The molecular formula is C9H7IOS2. The minimum atomic E-state index is 0.935. The second kappa shape index (κ2) is 3.67. The molecule has 1 heterocycles. The van der Waals surface area contributed by atoms with E-state index in [1.165, 1.54) is 10.1 Å². The summed E-state index contributed by atoms with van der Waals surface area (Å²) in [5.41, 5.74) is 0. The molecule has 0 bridgehead atoms. The van der Waals surface area contributed by atoms with Crippen molar-refractivity contribution >= 4 is 56.6 Å². The highest BCUT2D eigenvalue weighted by Crippen LogP contribution is 2.37. The molecule has 0 aliphatic heterocycles. The van der Waals surface area contributed by atoms with Gasteiger partial charge in [0.15, 0.2) is 0 Å². The van der Waals surface area contributed by atoms with Gasteiger partial charge in [-0.15, -0.1) is 24.0 Å². The molecule has 2 aromatic rings. The van der Waals surface area contributed by atoms with Crippen LogP contribution in [0, 0.1) is 3.57 Å². The SMILES string of the molecule is COc1c(I)c(S)cc2sccc12. The molecule has 1 aromatic heterocycles. The van der Waals surface area contributed by atoms with Gasteiger partial charge in [-0.3, -0.25) is 0 Å². The van der Waals surface area contributed by atoms with Crippen molar-refractivity contribution in [3.05, 3.63) is 21.1 Å². The lowest BCUT2D eigenvalue weighted by molar-refractivity contribution is 0.416. The molecule has 0 fully saturated rings. The lowest BCUT2D eigenvalue weighted by Gasteiger charge is -2.06. The first kappa shape index (κ1) is 9.61. The largest absolute Gasteiger partial charge is 0.495 e. The Morgan fingerprint density at radius 2 is 2.31 bits per heavy atom. The van der Waals surface area contributed by atoms with Gasteiger partial charge in [0.25, 0.3) is 0 Å². The molecule has 0 aliphatic carbocycles. The van der Waals surface area contributed by atoms with Gasteiger partial charge < -0.3 is 4.74 Å². The number of rotatable bonds is 1. The molecule has 0 saturated heterocycles. The monoisotopic (exact) mass is 322 g/mol. The minimum absolute atomic E-state index is 0.935. The van der Waals surface area contributed by atoms with E-state index in [9.17, 15) is 0 Å². The average Bonchev–Trinajstić information content (AvgIpc) is 2.54. The maximum atomic E-state index is 5.35.